The number of nitrogens with two attached hydrogens (primary N) is 1. The Bertz CT molecular complexity index is 1530. The summed E-state index contributed by atoms with van der Waals surface area (Å²) in [6.45, 7) is 6.11. The summed E-state index contributed by atoms with van der Waals surface area (Å²) < 4.78 is 0. The summed E-state index contributed by atoms with van der Waals surface area (Å²) in [5.74, 6) is -0.190. The van der Waals surface area contributed by atoms with E-state index in [1.807, 2.05) is 49.4 Å². The molecule has 3 aliphatic rings. The number of rotatable bonds is 1. The van der Waals surface area contributed by atoms with Gasteiger partial charge in [-0.05, 0) is 72.4 Å². The van der Waals surface area contributed by atoms with Crippen LogP contribution in [0.2, 0.25) is 0 Å². The number of nitrogens with zero attached hydrogens (tertiary/aromatic N) is 4. The van der Waals surface area contributed by atoms with E-state index in [0.717, 1.165) is 40.4 Å². The summed E-state index contributed by atoms with van der Waals surface area (Å²) in [5.41, 5.74) is 16.4. The van der Waals surface area contributed by atoms with Gasteiger partial charge in [0.2, 0.25) is 0 Å². The van der Waals surface area contributed by atoms with Crippen molar-refractivity contribution in [1.29, 1.82) is 5.26 Å². The van der Waals surface area contributed by atoms with Crippen LogP contribution in [0.25, 0.3) is 0 Å². The molecule has 7 nitrogen and oxygen atoms in total. The fraction of sp³-hybridized carbons (Fsp3) is 0.233. The first kappa shape index (κ1) is 37.1. The van der Waals surface area contributed by atoms with E-state index in [4.69, 9.17) is 16.1 Å². The van der Waals surface area contributed by atoms with Gasteiger partial charge >= 0.3 is 55.4 Å². The number of amidine groups is 1. The topological polar surface area (TPSA) is 124 Å². The molecule has 212 valence electrons. The van der Waals surface area contributed by atoms with Crippen LogP contribution >= 0.6 is 40.0 Å². The van der Waals surface area contributed by atoms with E-state index in [0.29, 0.717) is 28.0 Å². The van der Waals surface area contributed by atoms with Crippen molar-refractivity contribution in [2.45, 2.75) is 47.5 Å². The molecular formula is C30H31I2N5O2V2. The van der Waals surface area contributed by atoms with Crippen molar-refractivity contribution in [3.63, 3.8) is 0 Å². The molecule has 1 radical (unpaired) electrons. The van der Waals surface area contributed by atoms with Crippen LogP contribution in [-0.4, -0.2) is 28.3 Å². The van der Waals surface area contributed by atoms with E-state index in [9.17, 15) is 4.79 Å². The third-order valence-corrected chi connectivity index (χ3v) is 6.35. The van der Waals surface area contributed by atoms with Gasteiger partial charge in [0.1, 0.15) is 23.3 Å². The van der Waals surface area contributed by atoms with Crippen LogP contribution in [0, 0.1) is 32.1 Å². The number of fused-ring (bicyclic) bond motifs is 3. The fourth-order valence-electron chi connectivity index (χ4n) is 4.33. The quantitative estimate of drug-likeness (QED) is 0.243. The second-order valence-corrected chi connectivity index (χ2v) is 20.7. The third kappa shape index (κ3) is 10.1. The summed E-state index contributed by atoms with van der Waals surface area (Å²) in [7, 11) is 0.628. The Balaban J connectivity index is 0.000000287. The van der Waals surface area contributed by atoms with Gasteiger partial charge in [-0.3, -0.25) is 0 Å². The molecule has 0 bridgehead atoms. The Morgan fingerprint density at radius 3 is 1.63 bits per heavy atom. The molecule has 0 unspecified atom stereocenters. The number of aliphatic imine (C=N–C) groups is 3. The third-order valence-electron chi connectivity index (χ3n) is 6.35. The van der Waals surface area contributed by atoms with E-state index in [1.54, 1.807) is 0 Å². The number of halogens is 2. The number of hydrogen-bond acceptors (Lipinski definition) is 6. The van der Waals surface area contributed by atoms with E-state index >= 15 is 0 Å². The summed E-state index contributed by atoms with van der Waals surface area (Å²) in [6, 6.07) is 19.9. The molecule has 6 rings (SSSR count). The Hall–Kier alpha value is -1.94. The van der Waals surface area contributed by atoms with Crippen molar-refractivity contribution in [3.8, 4) is 6.07 Å². The standard InChI is InChI=1S/C10H8N2.C10H9NO2.C9H10N2.CH4.2HI.2V/c1-7-3-2-4-10-9(7)5-8(6-11)12-10;1-6-3-2-4-8-7(6)5-9(11-8)10(12)13;1-6-3-2-4-8-7(6)5-9(10)11-8;;;;;/h2-4H,5H2,1H3;2-4H,5H2,1H3,(H,12,13);2-4H,5H2,1H3,(H2,10,11);1H4;2*1H;;/q;;;;;;;+2/p-2. The summed E-state index contributed by atoms with van der Waals surface area (Å²) >= 11 is 4.74. The van der Waals surface area contributed by atoms with Crippen LogP contribution in [0.15, 0.2) is 69.6 Å². The Morgan fingerprint density at radius 2 is 1.24 bits per heavy atom. The van der Waals surface area contributed by atoms with Gasteiger partial charge in [0.25, 0.3) is 0 Å². The summed E-state index contributed by atoms with van der Waals surface area (Å²) in [4.78, 5) is 23.1. The van der Waals surface area contributed by atoms with E-state index in [1.165, 1.54) is 22.3 Å². The first-order valence-corrected chi connectivity index (χ1v) is 21.0. The summed E-state index contributed by atoms with van der Waals surface area (Å²) in [5, 5.41) is 17.4. The molecule has 0 atom stereocenters. The zero-order chi connectivity index (χ0) is 28.5. The van der Waals surface area contributed by atoms with Gasteiger partial charge in [-0.1, -0.05) is 43.8 Å². The zero-order valence-electron chi connectivity index (χ0n) is 22.2. The average Bonchev–Trinajstić information content (AvgIpc) is 3.63. The number of aliphatic carboxylic acids is 1. The fourth-order valence-corrected chi connectivity index (χ4v) is 4.33. The molecule has 0 aliphatic carbocycles. The van der Waals surface area contributed by atoms with Crippen LogP contribution in [0.4, 0.5) is 17.1 Å². The first-order valence-electron chi connectivity index (χ1n) is 12.0. The molecule has 3 aromatic rings. The van der Waals surface area contributed by atoms with E-state index < -0.39 is 5.97 Å². The van der Waals surface area contributed by atoms with Gasteiger partial charge in [0.05, 0.1) is 17.1 Å². The van der Waals surface area contributed by atoms with Crippen molar-refractivity contribution >= 4 is 80.2 Å². The largest absolute Gasteiger partial charge is 0 e. The van der Waals surface area contributed by atoms with Crippen molar-refractivity contribution in [3.05, 3.63) is 88.0 Å². The van der Waals surface area contributed by atoms with Crippen molar-refractivity contribution in [2.75, 3.05) is 0 Å². The van der Waals surface area contributed by atoms with Crippen molar-refractivity contribution < 1.29 is 37.9 Å². The van der Waals surface area contributed by atoms with Crippen molar-refractivity contribution in [2.24, 2.45) is 20.7 Å². The second-order valence-electron chi connectivity index (χ2n) is 8.95. The molecule has 0 saturated heterocycles. The van der Waals surface area contributed by atoms with Gasteiger partial charge < -0.3 is 10.8 Å². The van der Waals surface area contributed by atoms with E-state index in [2.05, 4.69) is 87.0 Å². The van der Waals surface area contributed by atoms with E-state index in [-0.39, 0.29) is 31.7 Å². The van der Waals surface area contributed by atoms with Crippen LogP contribution in [0.1, 0.15) is 40.8 Å². The maximum atomic E-state index is 10.7. The minimum atomic E-state index is -0.921. The molecule has 3 heterocycles. The number of nitriles is 1. The zero-order valence-corrected chi connectivity index (χ0v) is 29.3. The first-order chi connectivity index (χ1) is 18.7. The van der Waals surface area contributed by atoms with Crippen LogP contribution in [0.5, 0.6) is 0 Å². The molecule has 0 fully saturated rings. The molecule has 0 amide bonds. The minimum Gasteiger partial charge on any atom is 0 e. The second kappa shape index (κ2) is 17.9. The van der Waals surface area contributed by atoms with Crippen molar-refractivity contribution in [1.82, 2.24) is 0 Å². The molecule has 11 heteroatoms. The number of benzene rings is 3. The Labute approximate surface area is 283 Å². The number of hydrogen-bond donors (Lipinski definition) is 2. The predicted octanol–water partition coefficient (Wildman–Crippen LogP) is 7.80. The average molecular weight is 849 g/mol. The van der Waals surface area contributed by atoms with Gasteiger partial charge in [-0.25, -0.2) is 19.8 Å². The molecule has 41 heavy (non-hydrogen) atoms. The molecule has 3 N–H and O–H groups in total. The monoisotopic (exact) mass is 849 g/mol. The molecule has 0 spiro atoms. The molecular weight excluding hydrogens is 818 g/mol. The normalized spacial score (nSPS) is 12.5. The Morgan fingerprint density at radius 1 is 0.829 bits per heavy atom. The number of carboxylic acids is 1. The minimum absolute atomic E-state index is 0. The Kier molecular flexibility index (Phi) is 16.2. The SMILES string of the molecule is C.Cc1cccc2c1CC(C#N)=N2.Cc1cccc2c1CC(C(=O)O)=N2.Cc1cccc2c1CC(N)=N2.[I][V][I].[V]. The van der Waals surface area contributed by atoms with Crippen LogP contribution < -0.4 is 5.73 Å². The predicted molar refractivity (Wildman–Crippen MR) is 178 cm³/mol. The number of aryl methyl sites for hydroxylation is 3. The smallest absolute Gasteiger partial charge is 0 e. The van der Waals surface area contributed by atoms with Gasteiger partial charge in [0.15, 0.2) is 0 Å². The van der Waals surface area contributed by atoms with Gasteiger partial charge in [0, 0.05) is 37.8 Å². The summed E-state index contributed by atoms with van der Waals surface area (Å²) in [6.07, 6.45) is 1.98. The molecule has 3 aliphatic heterocycles. The maximum absolute atomic E-state index is 10.7. The van der Waals surface area contributed by atoms with Gasteiger partial charge in [-0.2, -0.15) is 5.26 Å². The van der Waals surface area contributed by atoms with Gasteiger partial charge in [-0.15, -0.1) is 0 Å². The number of carbonyl (C=O) groups is 1. The van der Waals surface area contributed by atoms with Crippen LogP contribution in [-0.2, 0) is 52.1 Å². The number of carboxylic acid groups (broad SMARTS) is 1. The molecule has 0 saturated carbocycles. The van der Waals surface area contributed by atoms with Crippen LogP contribution in [0.3, 0.4) is 0 Å². The molecule has 0 aromatic heterocycles. The molecule has 3 aromatic carbocycles. The maximum Gasteiger partial charge on any atom is 0 e.